The number of anilines is 1. The molecule has 0 amide bonds. The number of piperidine rings is 1. The molecule has 3 rings (SSSR count). The van der Waals surface area contributed by atoms with Gasteiger partial charge in [0, 0.05) is 12.6 Å². The predicted molar refractivity (Wildman–Crippen MR) is 98.1 cm³/mol. The number of nitrogens with zero attached hydrogens (tertiary/aromatic N) is 3. The number of ether oxygens (including phenoxy) is 1. The summed E-state index contributed by atoms with van der Waals surface area (Å²) >= 11 is 1.42. The lowest BCUT2D eigenvalue weighted by Gasteiger charge is -2.36. The lowest BCUT2D eigenvalue weighted by Crippen LogP contribution is -2.40. The lowest BCUT2D eigenvalue weighted by atomic mass is 9.99. The van der Waals surface area contributed by atoms with Crippen LogP contribution in [0.25, 0.3) is 10.2 Å². The SMILES string of the molecule is CCOC(=O)c1sc2nc(C)nc(N3CCCCC3CC)c2c1C. The maximum atomic E-state index is 12.3. The van der Waals surface area contributed by atoms with Crippen molar-refractivity contribution >= 4 is 33.3 Å². The highest BCUT2D eigenvalue weighted by atomic mass is 32.1. The highest BCUT2D eigenvalue weighted by Gasteiger charge is 2.27. The normalized spacial score (nSPS) is 18.2. The standard InChI is InChI=1S/C18H25N3O2S/c1-5-13-9-7-8-10-21(13)16-14-11(3)15(18(22)23-6-2)24-17(14)20-12(4)19-16/h13H,5-10H2,1-4H3. The monoisotopic (exact) mass is 347 g/mol. The molecule has 0 N–H and O–H groups in total. The van der Waals surface area contributed by atoms with Gasteiger partial charge in [-0.1, -0.05) is 6.92 Å². The molecule has 3 heterocycles. The van der Waals surface area contributed by atoms with Crippen LogP contribution in [0.15, 0.2) is 0 Å². The summed E-state index contributed by atoms with van der Waals surface area (Å²) in [7, 11) is 0. The highest BCUT2D eigenvalue weighted by Crippen LogP contribution is 2.38. The molecule has 1 atom stereocenters. The van der Waals surface area contributed by atoms with E-state index < -0.39 is 0 Å². The molecule has 0 saturated carbocycles. The molecule has 2 aromatic heterocycles. The number of thiophene rings is 1. The van der Waals surface area contributed by atoms with E-state index in [0.717, 1.165) is 40.4 Å². The van der Waals surface area contributed by atoms with Crippen LogP contribution in [0.1, 0.15) is 60.6 Å². The summed E-state index contributed by atoms with van der Waals surface area (Å²) in [6, 6.07) is 0.515. The number of carbonyl (C=O) groups is 1. The number of aryl methyl sites for hydroxylation is 2. The van der Waals surface area contributed by atoms with Crippen LogP contribution in [0.3, 0.4) is 0 Å². The largest absolute Gasteiger partial charge is 0.462 e. The fraction of sp³-hybridized carbons (Fsp3) is 0.611. The average molecular weight is 347 g/mol. The van der Waals surface area contributed by atoms with Crippen molar-refractivity contribution in [3.63, 3.8) is 0 Å². The van der Waals surface area contributed by atoms with Gasteiger partial charge in [0.15, 0.2) is 0 Å². The molecule has 1 aliphatic rings. The summed E-state index contributed by atoms with van der Waals surface area (Å²) in [4.78, 5) is 25.6. The molecule has 0 spiro atoms. The third-order valence-corrected chi connectivity index (χ3v) is 5.88. The van der Waals surface area contributed by atoms with E-state index in [9.17, 15) is 4.79 Å². The molecule has 6 heteroatoms. The fourth-order valence-corrected chi connectivity index (χ4v) is 4.64. The molecule has 0 aromatic carbocycles. The molecular weight excluding hydrogens is 322 g/mol. The van der Waals surface area contributed by atoms with Crippen molar-refractivity contribution < 1.29 is 9.53 Å². The second kappa shape index (κ2) is 7.05. The average Bonchev–Trinajstić information content (AvgIpc) is 2.91. The highest BCUT2D eigenvalue weighted by molar-refractivity contribution is 7.20. The van der Waals surface area contributed by atoms with E-state index in [2.05, 4.69) is 16.8 Å². The molecule has 1 unspecified atom stereocenters. The zero-order valence-electron chi connectivity index (χ0n) is 14.9. The quantitative estimate of drug-likeness (QED) is 0.774. The topological polar surface area (TPSA) is 55.3 Å². The summed E-state index contributed by atoms with van der Waals surface area (Å²) in [6.07, 6.45) is 4.78. The number of rotatable bonds is 4. The van der Waals surface area contributed by atoms with Gasteiger partial charge >= 0.3 is 5.97 Å². The Balaban J connectivity index is 2.15. The molecule has 130 valence electrons. The second-order valence-electron chi connectivity index (χ2n) is 6.30. The molecule has 0 radical (unpaired) electrons. The molecule has 1 saturated heterocycles. The Kier molecular flexibility index (Phi) is 5.04. The Morgan fingerprint density at radius 1 is 1.29 bits per heavy atom. The Hall–Kier alpha value is -1.69. The summed E-state index contributed by atoms with van der Waals surface area (Å²) in [5.74, 6) is 1.50. The first-order chi connectivity index (χ1) is 11.6. The van der Waals surface area contributed by atoms with Gasteiger partial charge in [0.2, 0.25) is 0 Å². The molecule has 1 aliphatic heterocycles. The van der Waals surface area contributed by atoms with Crippen LogP contribution >= 0.6 is 11.3 Å². The van der Waals surface area contributed by atoms with Gasteiger partial charge in [-0.3, -0.25) is 0 Å². The Morgan fingerprint density at radius 2 is 2.08 bits per heavy atom. The van der Waals surface area contributed by atoms with Gasteiger partial charge in [0.05, 0.1) is 12.0 Å². The first-order valence-corrected chi connectivity index (χ1v) is 9.59. The first-order valence-electron chi connectivity index (χ1n) is 8.78. The zero-order valence-corrected chi connectivity index (χ0v) is 15.7. The molecule has 24 heavy (non-hydrogen) atoms. The summed E-state index contributed by atoms with van der Waals surface area (Å²) in [5.41, 5.74) is 0.948. The molecule has 1 fully saturated rings. The fourth-order valence-electron chi connectivity index (χ4n) is 3.52. The molecular formula is C18H25N3O2S. The van der Waals surface area contributed by atoms with Gasteiger partial charge < -0.3 is 9.64 Å². The van der Waals surface area contributed by atoms with Crippen LogP contribution in [-0.2, 0) is 4.74 Å². The van der Waals surface area contributed by atoms with E-state index in [0.29, 0.717) is 17.5 Å². The summed E-state index contributed by atoms with van der Waals surface area (Å²) in [6.45, 7) is 9.38. The first kappa shape index (κ1) is 17.1. The van der Waals surface area contributed by atoms with Crippen LogP contribution < -0.4 is 4.90 Å². The van der Waals surface area contributed by atoms with Gasteiger partial charge in [0.1, 0.15) is 21.3 Å². The molecule has 5 nitrogen and oxygen atoms in total. The van der Waals surface area contributed by atoms with Gasteiger partial charge in [-0.2, -0.15) is 0 Å². The number of fused-ring (bicyclic) bond motifs is 1. The number of hydrogen-bond acceptors (Lipinski definition) is 6. The molecule has 2 aromatic rings. The number of aromatic nitrogens is 2. The summed E-state index contributed by atoms with van der Waals surface area (Å²) in [5, 5.41) is 1.02. The van der Waals surface area contributed by atoms with Crippen LogP contribution in [0.5, 0.6) is 0 Å². The minimum Gasteiger partial charge on any atom is -0.462 e. The van der Waals surface area contributed by atoms with Gasteiger partial charge in [-0.15, -0.1) is 11.3 Å². The lowest BCUT2D eigenvalue weighted by molar-refractivity contribution is 0.0531. The van der Waals surface area contributed by atoms with E-state index in [1.807, 2.05) is 20.8 Å². The Labute approximate surface area is 147 Å². The maximum absolute atomic E-state index is 12.3. The van der Waals surface area contributed by atoms with E-state index >= 15 is 0 Å². The van der Waals surface area contributed by atoms with Crippen molar-refractivity contribution in [2.45, 2.75) is 59.4 Å². The third kappa shape index (κ3) is 2.99. The predicted octanol–water partition coefficient (Wildman–Crippen LogP) is 4.25. The van der Waals surface area contributed by atoms with Crippen molar-refractivity contribution in [1.29, 1.82) is 0 Å². The van der Waals surface area contributed by atoms with E-state index in [1.54, 1.807) is 0 Å². The second-order valence-corrected chi connectivity index (χ2v) is 7.30. The number of carbonyl (C=O) groups excluding carboxylic acids is 1. The van der Waals surface area contributed by atoms with E-state index in [4.69, 9.17) is 9.72 Å². The van der Waals surface area contributed by atoms with Crippen molar-refractivity contribution in [3.8, 4) is 0 Å². The minimum atomic E-state index is -0.257. The van der Waals surface area contributed by atoms with Crippen molar-refractivity contribution in [2.24, 2.45) is 0 Å². The van der Waals surface area contributed by atoms with E-state index in [1.165, 1.54) is 30.6 Å². The Morgan fingerprint density at radius 3 is 2.79 bits per heavy atom. The van der Waals surface area contributed by atoms with Crippen LogP contribution in [0.2, 0.25) is 0 Å². The van der Waals surface area contributed by atoms with Crippen LogP contribution in [0.4, 0.5) is 5.82 Å². The Bertz CT molecular complexity index is 756. The minimum absolute atomic E-state index is 0.257. The number of esters is 1. The maximum Gasteiger partial charge on any atom is 0.348 e. The van der Waals surface area contributed by atoms with Crippen molar-refractivity contribution in [1.82, 2.24) is 9.97 Å². The van der Waals surface area contributed by atoms with E-state index in [-0.39, 0.29) is 5.97 Å². The smallest absolute Gasteiger partial charge is 0.348 e. The molecule has 0 bridgehead atoms. The summed E-state index contributed by atoms with van der Waals surface area (Å²) < 4.78 is 5.21. The van der Waals surface area contributed by atoms with Gasteiger partial charge in [-0.05, 0) is 52.0 Å². The third-order valence-electron chi connectivity index (χ3n) is 4.71. The van der Waals surface area contributed by atoms with Gasteiger partial charge in [0.25, 0.3) is 0 Å². The van der Waals surface area contributed by atoms with Crippen LogP contribution in [0, 0.1) is 13.8 Å². The van der Waals surface area contributed by atoms with Gasteiger partial charge in [-0.25, -0.2) is 14.8 Å². The molecule has 0 aliphatic carbocycles. The van der Waals surface area contributed by atoms with Crippen molar-refractivity contribution in [2.75, 3.05) is 18.1 Å². The van der Waals surface area contributed by atoms with Crippen molar-refractivity contribution in [3.05, 3.63) is 16.3 Å². The number of hydrogen-bond donors (Lipinski definition) is 0. The zero-order chi connectivity index (χ0) is 17.3. The van der Waals surface area contributed by atoms with Crippen LogP contribution in [-0.4, -0.2) is 35.1 Å².